The van der Waals surface area contributed by atoms with Crippen LogP contribution in [0.5, 0.6) is 0 Å². The van der Waals surface area contributed by atoms with Crippen LogP contribution in [0.3, 0.4) is 0 Å². The molecule has 0 aliphatic carbocycles. The molecule has 1 saturated heterocycles. The molecule has 4 N–H and O–H groups in total. The first-order chi connectivity index (χ1) is 6.59. The van der Waals surface area contributed by atoms with Crippen molar-refractivity contribution >= 4 is 17.7 Å². The Balaban J connectivity index is 2.16. The highest BCUT2D eigenvalue weighted by Gasteiger charge is 2.29. The van der Waals surface area contributed by atoms with Gasteiger partial charge in [-0.1, -0.05) is 0 Å². The Hall–Kier alpha value is -1.43. The minimum atomic E-state index is -0.449. The minimum Gasteiger partial charge on any atom is -0.370 e. The van der Waals surface area contributed by atoms with E-state index in [1.165, 1.54) is 0 Å². The Labute approximate surface area is 81.2 Å². The van der Waals surface area contributed by atoms with Gasteiger partial charge < -0.3 is 11.1 Å². The zero-order chi connectivity index (χ0) is 10.6. The molecule has 0 radical (unpaired) electrons. The first-order valence-electron chi connectivity index (χ1n) is 4.45. The minimum absolute atomic E-state index is 0.176. The van der Waals surface area contributed by atoms with Gasteiger partial charge >= 0.3 is 0 Å². The first-order valence-corrected chi connectivity index (χ1v) is 4.45. The molecule has 0 aromatic heterocycles. The van der Waals surface area contributed by atoms with Gasteiger partial charge in [0, 0.05) is 6.42 Å². The van der Waals surface area contributed by atoms with E-state index in [2.05, 4.69) is 10.6 Å². The second-order valence-corrected chi connectivity index (χ2v) is 3.19. The Bertz CT molecular complexity index is 265. The standard InChI is InChI=1S/C8H13N3O3/c9-6(12)2-1-3-10-5-4-7(13)11-8(5)14/h5,10H,1-4H2,(H2,9,12)(H,11,13,14). The third-order valence-corrected chi connectivity index (χ3v) is 1.96. The van der Waals surface area contributed by atoms with Crippen molar-refractivity contribution < 1.29 is 14.4 Å². The zero-order valence-electron chi connectivity index (χ0n) is 7.71. The Morgan fingerprint density at radius 2 is 2.29 bits per heavy atom. The maximum absolute atomic E-state index is 11.0. The summed E-state index contributed by atoms with van der Waals surface area (Å²) in [6.45, 7) is 0.508. The lowest BCUT2D eigenvalue weighted by Crippen LogP contribution is -2.37. The van der Waals surface area contributed by atoms with Crippen molar-refractivity contribution in [3.05, 3.63) is 0 Å². The molecular formula is C8H13N3O3. The number of nitrogens with one attached hydrogen (secondary N) is 2. The molecule has 0 aromatic carbocycles. The third-order valence-electron chi connectivity index (χ3n) is 1.96. The van der Waals surface area contributed by atoms with Gasteiger partial charge in [-0.3, -0.25) is 19.7 Å². The molecule has 1 unspecified atom stereocenters. The number of amides is 3. The fourth-order valence-corrected chi connectivity index (χ4v) is 1.26. The zero-order valence-corrected chi connectivity index (χ0v) is 7.71. The molecule has 1 aliphatic rings. The molecule has 6 heteroatoms. The molecule has 0 spiro atoms. The normalized spacial score (nSPS) is 21.0. The van der Waals surface area contributed by atoms with Crippen LogP contribution in [0, 0.1) is 0 Å². The number of imide groups is 1. The van der Waals surface area contributed by atoms with E-state index in [1.54, 1.807) is 0 Å². The van der Waals surface area contributed by atoms with Gasteiger partial charge in [0.2, 0.25) is 17.7 Å². The second kappa shape index (κ2) is 4.71. The van der Waals surface area contributed by atoms with Crippen LogP contribution >= 0.6 is 0 Å². The highest BCUT2D eigenvalue weighted by molar-refractivity contribution is 6.05. The van der Waals surface area contributed by atoms with Crippen LogP contribution in [-0.2, 0) is 14.4 Å². The van der Waals surface area contributed by atoms with Crippen molar-refractivity contribution in [3.63, 3.8) is 0 Å². The molecule has 0 aromatic rings. The van der Waals surface area contributed by atoms with Crippen molar-refractivity contribution in [1.82, 2.24) is 10.6 Å². The van der Waals surface area contributed by atoms with Crippen molar-refractivity contribution in [3.8, 4) is 0 Å². The largest absolute Gasteiger partial charge is 0.370 e. The molecule has 14 heavy (non-hydrogen) atoms. The number of carbonyl (C=O) groups is 3. The van der Waals surface area contributed by atoms with E-state index in [-0.39, 0.29) is 30.6 Å². The van der Waals surface area contributed by atoms with Gasteiger partial charge in [-0.05, 0) is 13.0 Å². The SMILES string of the molecule is NC(=O)CCCNC1CC(=O)NC1=O. The highest BCUT2D eigenvalue weighted by Crippen LogP contribution is 2.01. The van der Waals surface area contributed by atoms with E-state index < -0.39 is 6.04 Å². The van der Waals surface area contributed by atoms with Crippen molar-refractivity contribution in [2.45, 2.75) is 25.3 Å². The molecule has 3 amide bonds. The summed E-state index contributed by atoms with van der Waals surface area (Å²) < 4.78 is 0. The van der Waals surface area contributed by atoms with Gasteiger partial charge in [0.25, 0.3) is 0 Å². The third kappa shape index (κ3) is 3.14. The quantitative estimate of drug-likeness (QED) is 0.361. The molecule has 6 nitrogen and oxygen atoms in total. The Kier molecular flexibility index (Phi) is 3.58. The topological polar surface area (TPSA) is 101 Å². The Morgan fingerprint density at radius 1 is 1.57 bits per heavy atom. The van der Waals surface area contributed by atoms with Gasteiger partial charge in [-0.15, -0.1) is 0 Å². The van der Waals surface area contributed by atoms with E-state index in [0.29, 0.717) is 13.0 Å². The summed E-state index contributed by atoms with van der Waals surface area (Å²) in [4.78, 5) is 32.2. The number of primary amides is 1. The van der Waals surface area contributed by atoms with Crippen LogP contribution in [-0.4, -0.2) is 30.3 Å². The summed E-state index contributed by atoms with van der Waals surface area (Å²) in [6.07, 6.45) is 1.04. The number of nitrogens with two attached hydrogens (primary N) is 1. The van der Waals surface area contributed by atoms with Crippen LogP contribution in [0.4, 0.5) is 0 Å². The van der Waals surface area contributed by atoms with Gasteiger partial charge in [-0.25, -0.2) is 0 Å². The van der Waals surface area contributed by atoms with Crippen LogP contribution in [0.25, 0.3) is 0 Å². The lowest BCUT2D eigenvalue weighted by atomic mass is 10.2. The van der Waals surface area contributed by atoms with E-state index in [0.717, 1.165) is 0 Å². The molecule has 1 heterocycles. The van der Waals surface area contributed by atoms with Crippen LogP contribution in [0.1, 0.15) is 19.3 Å². The number of hydrogen-bond donors (Lipinski definition) is 3. The number of hydrogen-bond acceptors (Lipinski definition) is 4. The van der Waals surface area contributed by atoms with Crippen molar-refractivity contribution in [1.29, 1.82) is 0 Å². The van der Waals surface area contributed by atoms with Gasteiger partial charge in [0.15, 0.2) is 0 Å². The summed E-state index contributed by atoms with van der Waals surface area (Å²) in [6, 6.07) is -0.449. The molecule has 0 saturated carbocycles. The Morgan fingerprint density at radius 3 is 2.79 bits per heavy atom. The van der Waals surface area contributed by atoms with Crippen LogP contribution < -0.4 is 16.4 Å². The molecule has 1 rings (SSSR count). The number of rotatable bonds is 5. The maximum Gasteiger partial charge on any atom is 0.244 e. The van der Waals surface area contributed by atoms with E-state index in [4.69, 9.17) is 5.73 Å². The lowest BCUT2D eigenvalue weighted by Gasteiger charge is -2.07. The highest BCUT2D eigenvalue weighted by atomic mass is 16.2. The predicted octanol–water partition coefficient (Wildman–Crippen LogP) is -1.74. The van der Waals surface area contributed by atoms with E-state index in [1.807, 2.05) is 0 Å². The fourth-order valence-electron chi connectivity index (χ4n) is 1.26. The summed E-state index contributed by atoms with van der Waals surface area (Å²) in [5.41, 5.74) is 4.94. The second-order valence-electron chi connectivity index (χ2n) is 3.19. The fraction of sp³-hybridized carbons (Fsp3) is 0.625. The summed E-state index contributed by atoms with van der Waals surface area (Å²) in [5.74, 6) is -0.921. The molecular weight excluding hydrogens is 186 g/mol. The summed E-state index contributed by atoms with van der Waals surface area (Å²) in [5, 5.41) is 5.06. The molecule has 1 fully saturated rings. The maximum atomic E-state index is 11.0. The first kappa shape index (κ1) is 10.6. The van der Waals surface area contributed by atoms with Crippen molar-refractivity contribution in [2.75, 3.05) is 6.54 Å². The smallest absolute Gasteiger partial charge is 0.244 e. The van der Waals surface area contributed by atoms with E-state index in [9.17, 15) is 14.4 Å². The van der Waals surface area contributed by atoms with Crippen molar-refractivity contribution in [2.24, 2.45) is 5.73 Å². The molecule has 1 aliphatic heterocycles. The van der Waals surface area contributed by atoms with Gasteiger partial charge in [-0.2, -0.15) is 0 Å². The summed E-state index contributed by atoms with van der Waals surface area (Å²) >= 11 is 0. The molecule has 0 bridgehead atoms. The van der Waals surface area contributed by atoms with E-state index >= 15 is 0 Å². The number of carbonyl (C=O) groups excluding carboxylic acids is 3. The summed E-state index contributed by atoms with van der Waals surface area (Å²) in [7, 11) is 0. The van der Waals surface area contributed by atoms with Crippen LogP contribution in [0.2, 0.25) is 0 Å². The lowest BCUT2D eigenvalue weighted by molar-refractivity contribution is -0.125. The molecule has 1 atom stereocenters. The van der Waals surface area contributed by atoms with Gasteiger partial charge in [0.05, 0.1) is 12.5 Å². The molecule has 78 valence electrons. The van der Waals surface area contributed by atoms with Crippen LogP contribution in [0.15, 0.2) is 0 Å². The monoisotopic (exact) mass is 199 g/mol. The predicted molar refractivity (Wildman–Crippen MR) is 48.0 cm³/mol. The average Bonchev–Trinajstić information content (AvgIpc) is 2.39. The van der Waals surface area contributed by atoms with Gasteiger partial charge in [0.1, 0.15) is 0 Å². The average molecular weight is 199 g/mol.